The van der Waals surface area contributed by atoms with E-state index in [1.165, 1.54) is 29.1 Å². The van der Waals surface area contributed by atoms with Crippen LogP contribution in [0.1, 0.15) is 27.4 Å². The maximum atomic E-state index is 13.6. The fraction of sp³-hybridized carbons (Fsp3) is 0.138. The zero-order valence-corrected chi connectivity index (χ0v) is 22.0. The molecule has 0 saturated carbocycles. The molecule has 0 radical (unpaired) electrons. The summed E-state index contributed by atoms with van der Waals surface area (Å²) < 4.78 is 15.1. The molecule has 5 heterocycles. The molecule has 200 valence electrons. The molecule has 11 heteroatoms. The van der Waals surface area contributed by atoms with Crippen LogP contribution in [0.3, 0.4) is 0 Å². The fourth-order valence-electron chi connectivity index (χ4n) is 3.92. The largest absolute Gasteiger partial charge is 0.347 e. The van der Waals surface area contributed by atoms with Crippen LogP contribution in [0.2, 0.25) is 0 Å². The predicted molar refractivity (Wildman–Crippen MR) is 148 cm³/mol. The van der Waals surface area contributed by atoms with Crippen molar-refractivity contribution >= 4 is 17.4 Å². The molecule has 0 aliphatic carbocycles. The number of carbonyl (C=O) groups excluding carboxylic acids is 1. The van der Waals surface area contributed by atoms with Gasteiger partial charge in [-0.3, -0.25) is 24.5 Å². The van der Waals surface area contributed by atoms with Gasteiger partial charge in [-0.2, -0.15) is 0 Å². The van der Waals surface area contributed by atoms with Gasteiger partial charge in [-0.05, 0) is 49.7 Å². The van der Waals surface area contributed by atoms with Crippen molar-refractivity contribution in [2.75, 3.05) is 5.32 Å². The van der Waals surface area contributed by atoms with Crippen LogP contribution >= 0.6 is 0 Å². The molecule has 10 nitrogen and oxygen atoms in total. The van der Waals surface area contributed by atoms with Crippen molar-refractivity contribution in [3.8, 4) is 22.6 Å². The van der Waals surface area contributed by atoms with Gasteiger partial charge in [-0.25, -0.2) is 14.4 Å². The molecule has 0 aliphatic rings. The van der Waals surface area contributed by atoms with Crippen LogP contribution in [0.15, 0.2) is 78.1 Å². The second-order valence-corrected chi connectivity index (χ2v) is 9.16. The summed E-state index contributed by atoms with van der Waals surface area (Å²) in [5.41, 5.74) is 4.74. The number of hydrogen-bond donors (Lipinski definition) is 2. The van der Waals surface area contributed by atoms with E-state index in [-0.39, 0.29) is 23.7 Å². The average molecular weight is 537 g/mol. The van der Waals surface area contributed by atoms with E-state index in [4.69, 9.17) is 0 Å². The van der Waals surface area contributed by atoms with Gasteiger partial charge >= 0.3 is 0 Å². The highest BCUT2D eigenvalue weighted by atomic mass is 19.1. The predicted octanol–water partition coefficient (Wildman–Crippen LogP) is 4.12. The van der Waals surface area contributed by atoms with Crippen LogP contribution in [0.25, 0.3) is 22.6 Å². The first-order valence-electron chi connectivity index (χ1n) is 12.4. The van der Waals surface area contributed by atoms with Crippen LogP contribution in [0.5, 0.6) is 0 Å². The highest BCUT2D eigenvalue weighted by Crippen LogP contribution is 2.22. The maximum absolute atomic E-state index is 13.6. The van der Waals surface area contributed by atoms with Crippen LogP contribution in [0, 0.1) is 19.7 Å². The number of rotatable bonds is 7. The van der Waals surface area contributed by atoms with Crippen LogP contribution < -0.4 is 16.2 Å². The Balaban J connectivity index is 1.24. The number of anilines is 2. The number of aromatic nitrogens is 6. The first-order chi connectivity index (χ1) is 19.2. The smallest absolute Gasteiger partial charge is 0.270 e. The van der Waals surface area contributed by atoms with Gasteiger partial charge in [0.05, 0.1) is 11.9 Å². The van der Waals surface area contributed by atoms with Gasteiger partial charge in [-0.15, -0.1) is 0 Å². The topological polar surface area (TPSA) is 128 Å². The van der Waals surface area contributed by atoms with Crippen molar-refractivity contribution in [1.29, 1.82) is 0 Å². The van der Waals surface area contributed by atoms with E-state index >= 15 is 0 Å². The lowest BCUT2D eigenvalue weighted by Crippen LogP contribution is -2.23. The molecule has 0 bridgehead atoms. The Morgan fingerprint density at radius 3 is 2.52 bits per heavy atom. The molecule has 0 aliphatic heterocycles. The summed E-state index contributed by atoms with van der Waals surface area (Å²) >= 11 is 0. The molecule has 2 N–H and O–H groups in total. The van der Waals surface area contributed by atoms with E-state index in [2.05, 4.69) is 35.6 Å². The maximum Gasteiger partial charge on any atom is 0.270 e. The summed E-state index contributed by atoms with van der Waals surface area (Å²) in [6, 6.07) is 13.3. The number of hydrogen-bond acceptors (Lipinski definition) is 8. The van der Waals surface area contributed by atoms with Gasteiger partial charge in [-0.1, -0.05) is 6.07 Å². The van der Waals surface area contributed by atoms with Crippen molar-refractivity contribution in [2.45, 2.75) is 20.4 Å². The summed E-state index contributed by atoms with van der Waals surface area (Å²) in [5, 5.41) is 5.95. The standard InChI is InChI=1S/C29H25FN8O2/c1-17-10-26(36-22-8-9-38(3)27(39)12-22)37-28(35-17)20-5-7-25(33-15-20)29(40)34-14-19-4-6-24(32-13-19)23-11-21(30)16-31-18(23)2/h4-13,15-16H,14H2,1-3H3,(H,34,40)(H,35,36,37). The first-order valence-corrected chi connectivity index (χ1v) is 12.4. The lowest BCUT2D eigenvalue weighted by molar-refractivity contribution is 0.0946. The Labute approximate surface area is 229 Å². The number of pyridine rings is 4. The summed E-state index contributed by atoms with van der Waals surface area (Å²) in [6.07, 6.45) is 6.01. The number of nitrogens with zero attached hydrogens (tertiary/aromatic N) is 6. The lowest BCUT2D eigenvalue weighted by Gasteiger charge is -2.10. The van der Waals surface area contributed by atoms with E-state index < -0.39 is 5.82 Å². The third-order valence-corrected chi connectivity index (χ3v) is 6.09. The van der Waals surface area contributed by atoms with Gasteiger partial charge in [0.25, 0.3) is 11.5 Å². The molecule has 5 aromatic heterocycles. The van der Waals surface area contributed by atoms with Crippen molar-refractivity contribution in [1.82, 2.24) is 34.8 Å². The quantitative estimate of drug-likeness (QED) is 0.318. The lowest BCUT2D eigenvalue weighted by atomic mass is 10.1. The fourth-order valence-corrected chi connectivity index (χ4v) is 3.92. The molecule has 0 unspecified atom stereocenters. The Morgan fingerprint density at radius 2 is 1.80 bits per heavy atom. The summed E-state index contributed by atoms with van der Waals surface area (Å²) in [5.74, 6) is 0.185. The number of nitrogens with one attached hydrogen (secondary N) is 2. The molecule has 0 saturated heterocycles. The van der Waals surface area contributed by atoms with Crippen LogP contribution in [0.4, 0.5) is 15.9 Å². The Morgan fingerprint density at radius 1 is 0.950 bits per heavy atom. The molecular formula is C29H25FN8O2. The molecule has 1 amide bonds. The van der Waals surface area contributed by atoms with Gasteiger partial charge in [0.1, 0.15) is 17.3 Å². The molecule has 5 rings (SSSR count). The highest BCUT2D eigenvalue weighted by Gasteiger charge is 2.12. The number of amides is 1. The van der Waals surface area contributed by atoms with Crippen LogP contribution in [-0.2, 0) is 13.6 Å². The van der Waals surface area contributed by atoms with E-state index in [1.54, 1.807) is 56.7 Å². The molecule has 0 fully saturated rings. The minimum absolute atomic E-state index is 0.140. The third-order valence-electron chi connectivity index (χ3n) is 6.09. The molecular weight excluding hydrogens is 511 g/mol. The zero-order chi connectivity index (χ0) is 28.2. The average Bonchev–Trinajstić information content (AvgIpc) is 2.95. The molecule has 0 atom stereocenters. The Bertz CT molecular complexity index is 1750. The molecule has 5 aromatic rings. The zero-order valence-electron chi connectivity index (χ0n) is 22.0. The number of aryl methyl sites for hydroxylation is 3. The minimum atomic E-state index is -0.427. The second-order valence-electron chi connectivity index (χ2n) is 9.16. The third kappa shape index (κ3) is 6.04. The first kappa shape index (κ1) is 26.3. The van der Waals surface area contributed by atoms with Crippen molar-refractivity contribution < 1.29 is 9.18 Å². The number of halogens is 1. The SMILES string of the molecule is Cc1cc(Nc2ccn(C)c(=O)c2)nc(-c2ccc(C(=O)NCc3ccc(-c4cc(F)cnc4C)nc3)nc2)n1. The van der Waals surface area contributed by atoms with E-state index in [1.807, 2.05) is 13.0 Å². The summed E-state index contributed by atoms with van der Waals surface area (Å²) in [6.45, 7) is 3.88. The van der Waals surface area contributed by atoms with Crippen LogP contribution in [-0.4, -0.2) is 35.4 Å². The Kier molecular flexibility index (Phi) is 7.36. The van der Waals surface area contributed by atoms with Crippen molar-refractivity contribution in [2.24, 2.45) is 7.05 Å². The molecule has 0 aromatic carbocycles. The van der Waals surface area contributed by atoms with Crippen molar-refractivity contribution in [3.05, 3.63) is 112 Å². The van der Waals surface area contributed by atoms with Gasteiger partial charge in [0.2, 0.25) is 0 Å². The molecule has 40 heavy (non-hydrogen) atoms. The highest BCUT2D eigenvalue weighted by molar-refractivity contribution is 5.92. The van der Waals surface area contributed by atoms with Gasteiger partial charge in [0, 0.05) is 72.5 Å². The Hall–Kier alpha value is -5.32. The normalized spacial score (nSPS) is 10.8. The molecule has 0 spiro atoms. The van der Waals surface area contributed by atoms with Gasteiger partial charge < -0.3 is 15.2 Å². The minimum Gasteiger partial charge on any atom is -0.347 e. The second kappa shape index (κ2) is 11.2. The van der Waals surface area contributed by atoms with E-state index in [9.17, 15) is 14.0 Å². The van der Waals surface area contributed by atoms with Crippen molar-refractivity contribution in [3.63, 3.8) is 0 Å². The summed E-state index contributed by atoms with van der Waals surface area (Å²) in [7, 11) is 1.68. The van der Waals surface area contributed by atoms with E-state index in [0.29, 0.717) is 39.8 Å². The number of carbonyl (C=O) groups is 1. The van der Waals surface area contributed by atoms with E-state index in [0.717, 1.165) is 11.3 Å². The summed E-state index contributed by atoms with van der Waals surface area (Å²) in [4.78, 5) is 46.3. The monoisotopic (exact) mass is 536 g/mol. The van der Waals surface area contributed by atoms with Gasteiger partial charge in [0.15, 0.2) is 5.82 Å².